The summed E-state index contributed by atoms with van der Waals surface area (Å²) in [5.74, 6) is 0.295. The van der Waals surface area contributed by atoms with Gasteiger partial charge in [-0.25, -0.2) is 0 Å². The van der Waals surface area contributed by atoms with Crippen LogP contribution in [0.15, 0.2) is 48.5 Å². The van der Waals surface area contributed by atoms with Crippen molar-refractivity contribution < 1.29 is 24.9 Å². The number of carboxylic acid groups (broad SMARTS) is 2. The first-order valence-electron chi connectivity index (χ1n) is 11.0. The molecular weight excluding hydrogens is 419 g/mol. The maximum Gasteiger partial charge on any atom is 0.303 e. The Morgan fingerprint density at radius 1 is 0.781 bits per heavy atom. The molecule has 2 aromatic rings. The van der Waals surface area contributed by atoms with Crippen molar-refractivity contribution in [2.45, 2.75) is 67.2 Å². The number of hydrogen-bond donors (Lipinski definition) is 3. The molecule has 0 saturated carbocycles. The Labute approximate surface area is 201 Å². The average Bonchev–Trinajstić information content (AvgIpc) is 2.72. The summed E-state index contributed by atoms with van der Waals surface area (Å²) in [7, 11) is 0. The molecule has 5 nitrogen and oxygen atoms in total. The Kier molecular flexibility index (Phi) is 19.3. The van der Waals surface area contributed by atoms with Gasteiger partial charge in [0.15, 0.2) is 16.3 Å². The summed E-state index contributed by atoms with van der Waals surface area (Å²) in [6.07, 6.45) is 2.71. The second-order valence-corrected chi connectivity index (χ2v) is 8.69. The highest BCUT2D eigenvalue weighted by molar-refractivity contribution is 6.34. The number of aromatic hydroxyl groups is 1. The molecule has 2 radical (unpaired) electrons. The Hall–Kier alpha value is -2.29. The minimum atomic E-state index is -0.745. The standard InChI is InChI=1S/C10H13O.C10H14.2C3H6O2.Al/c1-8(2)7-9-3-5-10(11)6-4-9;1-9(2)8-10-6-4-3-5-7-10;2*1-2-3(4)5;/h3-5,8,11H,7H2,1-2H3;3-7,9H,8H2,1-2H3;2*2H2,1H3,(H,4,5);. The third-order valence-corrected chi connectivity index (χ3v) is 4.29. The minimum Gasteiger partial charge on any atom is -0.509 e. The van der Waals surface area contributed by atoms with E-state index in [1.165, 1.54) is 17.5 Å². The van der Waals surface area contributed by atoms with Crippen molar-refractivity contribution >= 4 is 32.7 Å². The lowest BCUT2D eigenvalue weighted by atomic mass is 10.0. The van der Waals surface area contributed by atoms with Crippen molar-refractivity contribution in [3.8, 4) is 5.75 Å². The first-order valence-corrected chi connectivity index (χ1v) is 11.5. The molecule has 32 heavy (non-hydrogen) atoms. The number of benzene rings is 2. The van der Waals surface area contributed by atoms with E-state index in [0.717, 1.165) is 16.8 Å². The summed E-state index contributed by atoms with van der Waals surface area (Å²) < 4.78 is 0.883. The van der Waals surface area contributed by atoms with Crippen LogP contribution in [-0.2, 0) is 22.4 Å². The number of carboxylic acids is 2. The lowest BCUT2D eigenvalue weighted by molar-refractivity contribution is -0.137. The van der Waals surface area contributed by atoms with E-state index in [-0.39, 0.29) is 12.8 Å². The molecule has 6 heteroatoms. The van der Waals surface area contributed by atoms with Crippen molar-refractivity contribution in [1.82, 2.24) is 0 Å². The molecule has 0 fully saturated rings. The molecular formula is C26H39AlO5. The molecule has 0 bridgehead atoms. The van der Waals surface area contributed by atoms with Crippen molar-refractivity contribution in [3.63, 3.8) is 0 Å². The van der Waals surface area contributed by atoms with Crippen molar-refractivity contribution in [3.05, 3.63) is 59.7 Å². The van der Waals surface area contributed by atoms with Crippen LogP contribution in [0, 0.1) is 11.8 Å². The molecule has 0 amide bonds. The third kappa shape index (κ3) is 21.0. The second-order valence-electron chi connectivity index (χ2n) is 8.07. The van der Waals surface area contributed by atoms with E-state index in [4.69, 9.17) is 10.2 Å². The first-order chi connectivity index (χ1) is 14.9. The van der Waals surface area contributed by atoms with Gasteiger partial charge < -0.3 is 15.3 Å². The van der Waals surface area contributed by atoms with Crippen LogP contribution in [0.2, 0.25) is 0 Å². The number of phenolic OH excluding ortho intramolecular Hbond substituents is 1. The lowest BCUT2D eigenvalue weighted by Crippen LogP contribution is -2.05. The Morgan fingerprint density at radius 2 is 1.19 bits per heavy atom. The van der Waals surface area contributed by atoms with E-state index >= 15 is 0 Å². The zero-order chi connectivity index (χ0) is 25.1. The highest BCUT2D eigenvalue weighted by Gasteiger charge is 1.99. The molecule has 0 aliphatic rings. The summed E-state index contributed by atoms with van der Waals surface area (Å²) >= 11 is 2.53. The number of rotatable bonds is 6. The largest absolute Gasteiger partial charge is 0.509 e. The van der Waals surface area contributed by atoms with Crippen LogP contribution >= 0.6 is 0 Å². The fourth-order valence-corrected chi connectivity index (χ4v) is 2.60. The van der Waals surface area contributed by atoms with Crippen LogP contribution in [0.25, 0.3) is 0 Å². The molecule has 0 unspecified atom stereocenters. The van der Waals surface area contributed by atoms with E-state index < -0.39 is 11.9 Å². The maximum atomic E-state index is 9.37. The van der Waals surface area contributed by atoms with Crippen molar-refractivity contribution in [1.29, 1.82) is 0 Å². The van der Waals surface area contributed by atoms with Gasteiger partial charge in [-0.1, -0.05) is 88.4 Å². The summed E-state index contributed by atoms with van der Waals surface area (Å²) in [5.41, 5.74) is 2.73. The molecule has 2 rings (SSSR count). The van der Waals surface area contributed by atoms with Gasteiger partial charge in [-0.15, -0.1) is 0 Å². The number of carbonyl (C=O) groups is 2. The quantitative estimate of drug-likeness (QED) is 0.515. The van der Waals surface area contributed by atoms with E-state index in [1.54, 1.807) is 19.9 Å². The fourth-order valence-electron chi connectivity index (χ4n) is 2.29. The van der Waals surface area contributed by atoms with Gasteiger partial charge in [0.1, 0.15) is 0 Å². The predicted molar refractivity (Wildman–Crippen MR) is 133 cm³/mol. The minimum absolute atomic E-state index is 0.222. The normalized spacial score (nSPS) is 9.50. The fraction of sp³-hybridized carbons (Fsp3) is 0.462. The van der Waals surface area contributed by atoms with Gasteiger partial charge in [0, 0.05) is 12.8 Å². The zero-order valence-electron chi connectivity index (χ0n) is 20.3. The van der Waals surface area contributed by atoms with Gasteiger partial charge in [0.05, 0.1) is 5.75 Å². The molecule has 0 heterocycles. The molecule has 0 aliphatic heterocycles. The number of hydrogen-bond acceptors (Lipinski definition) is 3. The van der Waals surface area contributed by atoms with Crippen LogP contribution in [0.4, 0.5) is 0 Å². The molecule has 2 aromatic carbocycles. The van der Waals surface area contributed by atoms with Gasteiger partial charge in [0.25, 0.3) is 0 Å². The zero-order valence-corrected chi connectivity index (χ0v) is 21.5. The molecule has 0 spiro atoms. The summed E-state index contributed by atoms with van der Waals surface area (Å²) in [4.78, 5) is 18.7. The van der Waals surface area contributed by atoms with Gasteiger partial charge in [0.2, 0.25) is 0 Å². The molecule has 0 atom stereocenters. The van der Waals surface area contributed by atoms with Gasteiger partial charge in [-0.2, -0.15) is 0 Å². The van der Waals surface area contributed by atoms with E-state index in [1.807, 2.05) is 12.1 Å². The van der Waals surface area contributed by atoms with Crippen LogP contribution in [0.5, 0.6) is 5.75 Å². The molecule has 176 valence electrons. The van der Waals surface area contributed by atoms with Crippen LogP contribution in [-0.4, -0.2) is 43.5 Å². The van der Waals surface area contributed by atoms with E-state index in [9.17, 15) is 14.7 Å². The highest BCUT2D eigenvalue weighted by atomic mass is 27.0. The van der Waals surface area contributed by atoms with Crippen molar-refractivity contribution in [2.24, 2.45) is 11.8 Å². The van der Waals surface area contributed by atoms with Crippen LogP contribution in [0.3, 0.4) is 0 Å². The monoisotopic (exact) mass is 458 g/mol. The highest BCUT2D eigenvalue weighted by Crippen LogP contribution is 2.10. The van der Waals surface area contributed by atoms with E-state index in [2.05, 4.69) is 74.3 Å². The third-order valence-electron chi connectivity index (χ3n) is 3.83. The Balaban J connectivity index is 0. The topological polar surface area (TPSA) is 94.8 Å². The molecule has 0 aliphatic carbocycles. The van der Waals surface area contributed by atoms with Crippen molar-refractivity contribution in [2.75, 3.05) is 0 Å². The summed E-state index contributed by atoms with van der Waals surface area (Å²) in [6.45, 7) is 12.1. The second kappa shape index (κ2) is 19.4. The lowest BCUT2D eigenvalue weighted by Gasteiger charge is -2.07. The smallest absolute Gasteiger partial charge is 0.303 e. The average molecular weight is 459 g/mol. The maximum absolute atomic E-state index is 9.37. The first kappa shape index (κ1) is 31.9. The SMILES string of the molecule is CC(C)Cc1ccc(O)[c]([Al])c1.CC(C)Cc1ccccc1.CCC(=O)O.CCC(=O)O. The predicted octanol–water partition coefficient (Wildman–Crippen LogP) is 5.23. The van der Waals surface area contributed by atoms with Crippen LogP contribution in [0.1, 0.15) is 65.5 Å². The molecule has 3 N–H and O–H groups in total. The number of aliphatic carboxylic acids is 2. The number of phenols is 1. The summed E-state index contributed by atoms with van der Waals surface area (Å²) in [6, 6.07) is 16.3. The van der Waals surface area contributed by atoms with E-state index in [0.29, 0.717) is 11.7 Å². The van der Waals surface area contributed by atoms with Gasteiger partial charge in [-0.05, 0) is 41.9 Å². The van der Waals surface area contributed by atoms with Gasteiger partial charge in [-0.3, -0.25) is 9.59 Å². The molecule has 0 saturated heterocycles. The van der Waals surface area contributed by atoms with Crippen LogP contribution < -0.4 is 4.43 Å². The Morgan fingerprint density at radius 3 is 1.53 bits per heavy atom. The summed E-state index contributed by atoms with van der Waals surface area (Å²) in [5, 5.41) is 24.7. The molecule has 0 aromatic heterocycles. The Bertz CT molecular complexity index is 744. The van der Waals surface area contributed by atoms with Gasteiger partial charge >= 0.3 is 11.9 Å².